The number of fused-ring (bicyclic) bond motifs is 1. The zero-order valence-electron chi connectivity index (χ0n) is 14.8. The van der Waals surface area contributed by atoms with Gasteiger partial charge < -0.3 is 5.32 Å². The first kappa shape index (κ1) is 18.2. The number of nitrogens with one attached hydrogen (secondary N) is 3. The lowest BCUT2D eigenvalue weighted by molar-refractivity contribution is -0.157. The second-order valence-corrected chi connectivity index (χ2v) is 6.83. The van der Waals surface area contributed by atoms with E-state index in [1.807, 2.05) is 24.4 Å². The Morgan fingerprint density at radius 1 is 1.29 bits per heavy atom. The van der Waals surface area contributed by atoms with Gasteiger partial charge in [-0.2, -0.15) is 18.3 Å². The van der Waals surface area contributed by atoms with E-state index in [-0.39, 0.29) is 5.82 Å². The summed E-state index contributed by atoms with van der Waals surface area (Å²) >= 11 is 0. The van der Waals surface area contributed by atoms with Crippen LogP contribution in [0, 0.1) is 12.8 Å². The van der Waals surface area contributed by atoms with E-state index in [1.54, 1.807) is 6.20 Å². The SMILES string of the molecule is Cc1cc(-c2n[nH]c3cc(NC(=O)NC(C4CC4)C(F)(F)F)ncc23)ccn1. The van der Waals surface area contributed by atoms with Gasteiger partial charge in [0, 0.05) is 35.1 Å². The summed E-state index contributed by atoms with van der Waals surface area (Å²) in [4.78, 5) is 20.3. The molecule has 3 N–H and O–H groups in total. The largest absolute Gasteiger partial charge is 0.408 e. The molecule has 1 atom stereocenters. The van der Waals surface area contributed by atoms with Crippen LogP contribution in [0.4, 0.5) is 23.8 Å². The van der Waals surface area contributed by atoms with Crippen LogP contribution in [-0.4, -0.2) is 38.4 Å². The highest BCUT2D eigenvalue weighted by atomic mass is 19.4. The van der Waals surface area contributed by atoms with Gasteiger partial charge in [-0.25, -0.2) is 9.78 Å². The fraction of sp³-hybridized carbons (Fsp3) is 0.333. The van der Waals surface area contributed by atoms with Crippen LogP contribution in [0.1, 0.15) is 18.5 Å². The molecule has 1 fully saturated rings. The van der Waals surface area contributed by atoms with E-state index in [2.05, 4.69) is 25.5 Å². The number of amides is 2. The minimum atomic E-state index is -4.48. The minimum absolute atomic E-state index is 0.128. The molecule has 2 amide bonds. The Morgan fingerprint density at radius 3 is 2.75 bits per heavy atom. The van der Waals surface area contributed by atoms with Crippen LogP contribution in [0.5, 0.6) is 0 Å². The second-order valence-electron chi connectivity index (χ2n) is 6.83. The van der Waals surface area contributed by atoms with Crippen LogP contribution < -0.4 is 10.6 Å². The van der Waals surface area contributed by atoms with E-state index in [0.717, 1.165) is 16.6 Å². The third kappa shape index (κ3) is 3.75. The summed E-state index contributed by atoms with van der Waals surface area (Å²) in [5.74, 6) is -0.428. The van der Waals surface area contributed by atoms with Crippen molar-refractivity contribution in [1.29, 1.82) is 0 Å². The molecule has 7 nitrogen and oxygen atoms in total. The third-order valence-electron chi connectivity index (χ3n) is 4.59. The van der Waals surface area contributed by atoms with Crippen molar-refractivity contribution in [1.82, 2.24) is 25.5 Å². The van der Waals surface area contributed by atoms with E-state index in [4.69, 9.17) is 0 Å². The number of rotatable bonds is 4. The highest BCUT2D eigenvalue weighted by molar-refractivity contribution is 5.95. The van der Waals surface area contributed by atoms with Crippen molar-refractivity contribution in [3.05, 3.63) is 36.3 Å². The number of nitrogens with zero attached hydrogens (tertiary/aromatic N) is 3. The highest BCUT2D eigenvalue weighted by Crippen LogP contribution is 2.40. The van der Waals surface area contributed by atoms with Gasteiger partial charge in [0.25, 0.3) is 0 Å². The van der Waals surface area contributed by atoms with Crippen molar-refractivity contribution in [2.75, 3.05) is 5.32 Å². The molecular weight excluding hydrogens is 373 g/mol. The number of aryl methyl sites for hydroxylation is 1. The second kappa shape index (κ2) is 6.77. The minimum Gasteiger partial charge on any atom is -0.326 e. The van der Waals surface area contributed by atoms with Crippen molar-refractivity contribution < 1.29 is 18.0 Å². The number of H-pyrrole nitrogens is 1. The molecule has 1 saturated carbocycles. The van der Waals surface area contributed by atoms with Gasteiger partial charge in [-0.05, 0) is 37.8 Å². The lowest BCUT2D eigenvalue weighted by Gasteiger charge is -2.21. The van der Waals surface area contributed by atoms with Crippen LogP contribution in [0.3, 0.4) is 0 Å². The van der Waals surface area contributed by atoms with Crippen LogP contribution in [0.15, 0.2) is 30.6 Å². The summed E-state index contributed by atoms with van der Waals surface area (Å²) in [6.45, 7) is 1.87. The van der Waals surface area contributed by atoms with Gasteiger partial charge in [0.05, 0.1) is 5.52 Å². The Bertz CT molecular complexity index is 1030. The first-order valence-corrected chi connectivity index (χ1v) is 8.72. The summed E-state index contributed by atoms with van der Waals surface area (Å²) < 4.78 is 39.1. The smallest absolute Gasteiger partial charge is 0.326 e. The van der Waals surface area contributed by atoms with Gasteiger partial charge in [0.2, 0.25) is 0 Å². The number of carbonyl (C=O) groups excluding carboxylic acids is 1. The van der Waals surface area contributed by atoms with Crippen LogP contribution in [0.25, 0.3) is 22.2 Å². The number of alkyl halides is 3. The molecule has 1 aliphatic carbocycles. The van der Waals surface area contributed by atoms with E-state index >= 15 is 0 Å². The van der Waals surface area contributed by atoms with Crippen LogP contribution in [-0.2, 0) is 0 Å². The Hall–Kier alpha value is -3.17. The van der Waals surface area contributed by atoms with Crippen LogP contribution in [0.2, 0.25) is 0 Å². The van der Waals surface area contributed by atoms with Crippen molar-refractivity contribution >= 4 is 22.8 Å². The summed E-state index contributed by atoms with van der Waals surface area (Å²) in [6.07, 6.45) is -0.367. The molecule has 1 aliphatic rings. The average molecular weight is 390 g/mol. The van der Waals surface area contributed by atoms with Crippen molar-refractivity contribution in [3.63, 3.8) is 0 Å². The molecule has 3 aromatic heterocycles. The number of aromatic nitrogens is 4. The Kier molecular flexibility index (Phi) is 4.40. The van der Waals surface area contributed by atoms with E-state index in [0.29, 0.717) is 24.1 Å². The van der Waals surface area contributed by atoms with E-state index < -0.39 is 24.2 Å². The molecule has 0 bridgehead atoms. The number of carbonyl (C=O) groups is 1. The number of halogens is 3. The molecule has 146 valence electrons. The lowest BCUT2D eigenvalue weighted by Crippen LogP contribution is -2.48. The van der Waals surface area contributed by atoms with Gasteiger partial charge in [-0.1, -0.05) is 0 Å². The Morgan fingerprint density at radius 2 is 2.07 bits per heavy atom. The Balaban J connectivity index is 1.52. The van der Waals surface area contributed by atoms with Crippen LogP contribution >= 0.6 is 0 Å². The summed E-state index contributed by atoms with van der Waals surface area (Å²) in [6, 6.07) is 2.44. The van der Waals surface area contributed by atoms with Gasteiger partial charge in [0.15, 0.2) is 0 Å². The fourth-order valence-corrected chi connectivity index (χ4v) is 3.08. The number of hydrogen-bond donors (Lipinski definition) is 3. The molecular formula is C18H17F3N6O. The van der Waals surface area contributed by atoms with Crippen molar-refractivity contribution in [3.8, 4) is 11.3 Å². The molecule has 3 heterocycles. The topological polar surface area (TPSA) is 95.6 Å². The number of pyridine rings is 2. The van der Waals surface area contributed by atoms with E-state index in [9.17, 15) is 18.0 Å². The predicted molar refractivity (Wildman–Crippen MR) is 96.6 cm³/mol. The summed E-state index contributed by atoms with van der Waals surface area (Å²) in [7, 11) is 0. The third-order valence-corrected chi connectivity index (χ3v) is 4.59. The summed E-state index contributed by atoms with van der Waals surface area (Å²) in [5, 5.41) is 12.2. The molecule has 1 unspecified atom stereocenters. The monoisotopic (exact) mass is 390 g/mol. The molecule has 10 heteroatoms. The zero-order chi connectivity index (χ0) is 19.9. The first-order valence-electron chi connectivity index (χ1n) is 8.72. The molecule has 0 saturated heterocycles. The first-order chi connectivity index (χ1) is 13.3. The van der Waals surface area contributed by atoms with Crippen molar-refractivity contribution in [2.45, 2.75) is 32.0 Å². The summed E-state index contributed by atoms with van der Waals surface area (Å²) in [5.41, 5.74) is 2.97. The Labute approximate surface area is 157 Å². The number of anilines is 1. The maximum atomic E-state index is 13.0. The highest BCUT2D eigenvalue weighted by Gasteiger charge is 2.49. The normalized spacial score (nSPS) is 15.4. The number of aromatic amines is 1. The standard InChI is InChI=1S/C18H17F3N6O/c1-9-6-11(4-5-22-9)15-12-8-23-14(7-13(12)26-27-15)24-17(28)25-16(10-2-3-10)18(19,20)21/h4-8,10,16H,2-3H2,1H3,(H,26,27)(H2,23,24,25,28). The maximum Gasteiger partial charge on any atom is 0.408 e. The molecule has 0 spiro atoms. The predicted octanol–water partition coefficient (Wildman–Crippen LogP) is 3.79. The number of hydrogen-bond acceptors (Lipinski definition) is 4. The molecule has 28 heavy (non-hydrogen) atoms. The molecule has 3 aromatic rings. The fourth-order valence-electron chi connectivity index (χ4n) is 3.08. The molecule has 4 rings (SSSR count). The molecule has 0 radical (unpaired) electrons. The number of urea groups is 1. The van der Waals surface area contributed by atoms with Gasteiger partial charge in [-0.3, -0.25) is 15.4 Å². The van der Waals surface area contributed by atoms with Gasteiger partial charge in [-0.15, -0.1) is 0 Å². The lowest BCUT2D eigenvalue weighted by atomic mass is 10.1. The van der Waals surface area contributed by atoms with Crippen molar-refractivity contribution in [2.24, 2.45) is 5.92 Å². The van der Waals surface area contributed by atoms with E-state index in [1.165, 1.54) is 12.3 Å². The van der Waals surface area contributed by atoms with Gasteiger partial charge in [0.1, 0.15) is 17.6 Å². The average Bonchev–Trinajstić information content (AvgIpc) is 3.37. The van der Waals surface area contributed by atoms with Gasteiger partial charge >= 0.3 is 12.2 Å². The molecule has 0 aliphatic heterocycles. The quantitative estimate of drug-likeness (QED) is 0.632. The zero-order valence-corrected chi connectivity index (χ0v) is 14.8. The molecule has 0 aromatic carbocycles. The maximum absolute atomic E-state index is 13.0.